The van der Waals surface area contributed by atoms with E-state index in [9.17, 15) is 9.59 Å². The highest BCUT2D eigenvalue weighted by Crippen LogP contribution is 2.29. The predicted octanol–water partition coefficient (Wildman–Crippen LogP) is 1.01. The van der Waals surface area contributed by atoms with Crippen molar-refractivity contribution >= 4 is 11.9 Å². The number of carbonyl (C=O) groups excluding carboxylic acids is 1. The number of amides is 1. The molecule has 0 bridgehead atoms. The lowest BCUT2D eigenvalue weighted by atomic mass is 9.80. The molecule has 0 spiro atoms. The molecule has 1 amide bonds. The summed E-state index contributed by atoms with van der Waals surface area (Å²) in [6.07, 6.45) is 4.23. The van der Waals surface area contributed by atoms with Crippen LogP contribution in [0.5, 0.6) is 0 Å². The molecule has 0 aliphatic heterocycles. The molecule has 1 rings (SSSR count). The van der Waals surface area contributed by atoms with Crippen LogP contribution in [0, 0.1) is 11.8 Å². The maximum atomic E-state index is 11.5. The largest absolute Gasteiger partial charge is 0.480 e. The van der Waals surface area contributed by atoms with Crippen LogP contribution in [0.1, 0.15) is 32.6 Å². The number of hydrogen-bond acceptors (Lipinski definition) is 2. The molecule has 14 heavy (non-hydrogen) atoms. The summed E-state index contributed by atoms with van der Waals surface area (Å²) < 4.78 is 0. The molecule has 1 aliphatic carbocycles. The first-order chi connectivity index (χ1) is 6.61. The van der Waals surface area contributed by atoms with E-state index in [-0.39, 0.29) is 18.4 Å². The highest BCUT2D eigenvalue weighted by Gasteiger charge is 2.27. The summed E-state index contributed by atoms with van der Waals surface area (Å²) >= 11 is 0. The summed E-state index contributed by atoms with van der Waals surface area (Å²) in [5, 5.41) is 10.9. The molecule has 0 aromatic heterocycles. The molecule has 2 atom stereocenters. The van der Waals surface area contributed by atoms with Crippen LogP contribution in [0.15, 0.2) is 0 Å². The van der Waals surface area contributed by atoms with Crippen LogP contribution in [0.4, 0.5) is 0 Å². The molecule has 4 nitrogen and oxygen atoms in total. The van der Waals surface area contributed by atoms with Crippen molar-refractivity contribution in [2.75, 3.05) is 6.54 Å². The van der Waals surface area contributed by atoms with E-state index in [1.807, 2.05) is 0 Å². The van der Waals surface area contributed by atoms with E-state index in [4.69, 9.17) is 5.11 Å². The first-order valence-corrected chi connectivity index (χ1v) is 5.10. The van der Waals surface area contributed by atoms with Gasteiger partial charge in [0.15, 0.2) is 0 Å². The molecule has 1 fully saturated rings. The first-order valence-electron chi connectivity index (χ1n) is 5.10. The smallest absolute Gasteiger partial charge is 0.322 e. The number of rotatable bonds is 3. The zero-order valence-electron chi connectivity index (χ0n) is 8.45. The fraction of sp³-hybridized carbons (Fsp3) is 0.800. The van der Waals surface area contributed by atoms with Gasteiger partial charge in [-0.3, -0.25) is 9.59 Å². The lowest BCUT2D eigenvalue weighted by molar-refractivity contribution is -0.139. The van der Waals surface area contributed by atoms with Gasteiger partial charge in [-0.05, 0) is 18.8 Å². The van der Waals surface area contributed by atoms with Crippen molar-refractivity contribution in [2.24, 2.45) is 11.8 Å². The monoisotopic (exact) mass is 199 g/mol. The van der Waals surface area contributed by atoms with Gasteiger partial charge < -0.3 is 10.4 Å². The van der Waals surface area contributed by atoms with Gasteiger partial charge in [0.2, 0.25) is 5.91 Å². The highest BCUT2D eigenvalue weighted by molar-refractivity contribution is 5.83. The van der Waals surface area contributed by atoms with Gasteiger partial charge in [0.05, 0.1) is 0 Å². The Morgan fingerprint density at radius 1 is 1.36 bits per heavy atom. The van der Waals surface area contributed by atoms with Crippen LogP contribution in [0.3, 0.4) is 0 Å². The van der Waals surface area contributed by atoms with Crippen LogP contribution in [0.25, 0.3) is 0 Å². The third-order valence-corrected chi connectivity index (χ3v) is 2.86. The van der Waals surface area contributed by atoms with E-state index in [0.717, 1.165) is 19.3 Å². The fourth-order valence-corrected chi connectivity index (χ4v) is 2.00. The number of carbonyl (C=O) groups is 2. The van der Waals surface area contributed by atoms with Gasteiger partial charge in [-0.25, -0.2) is 0 Å². The summed E-state index contributed by atoms with van der Waals surface area (Å²) in [5.74, 6) is -0.679. The Morgan fingerprint density at radius 2 is 2.00 bits per heavy atom. The first kappa shape index (κ1) is 11.0. The third kappa shape index (κ3) is 3.01. The second-order valence-corrected chi connectivity index (χ2v) is 3.98. The molecule has 0 aromatic carbocycles. The molecule has 0 radical (unpaired) electrons. The van der Waals surface area contributed by atoms with Crippen LogP contribution < -0.4 is 5.32 Å². The highest BCUT2D eigenvalue weighted by atomic mass is 16.4. The maximum absolute atomic E-state index is 11.5. The van der Waals surface area contributed by atoms with E-state index in [1.54, 1.807) is 0 Å². The van der Waals surface area contributed by atoms with Crippen LogP contribution >= 0.6 is 0 Å². The van der Waals surface area contributed by atoms with Gasteiger partial charge in [0.1, 0.15) is 6.54 Å². The zero-order valence-corrected chi connectivity index (χ0v) is 8.45. The number of carboxylic acids is 1. The Labute approximate surface area is 83.7 Å². The SMILES string of the molecule is CC1CCCCC1C(=O)NCC(=O)O. The summed E-state index contributed by atoms with van der Waals surface area (Å²) in [7, 11) is 0. The average Bonchev–Trinajstić information content (AvgIpc) is 2.15. The summed E-state index contributed by atoms with van der Waals surface area (Å²) in [6.45, 7) is 1.80. The molecule has 0 heterocycles. The Bertz CT molecular complexity index is 227. The van der Waals surface area contributed by atoms with Gasteiger partial charge in [0, 0.05) is 5.92 Å². The predicted molar refractivity (Wildman–Crippen MR) is 51.8 cm³/mol. The topological polar surface area (TPSA) is 66.4 Å². The number of aliphatic carboxylic acids is 1. The van der Waals surface area contributed by atoms with Gasteiger partial charge in [-0.1, -0.05) is 19.8 Å². The van der Waals surface area contributed by atoms with Gasteiger partial charge >= 0.3 is 5.97 Å². The normalized spacial score (nSPS) is 26.9. The van der Waals surface area contributed by atoms with Crippen LogP contribution in [-0.2, 0) is 9.59 Å². The molecule has 2 N–H and O–H groups in total. The minimum atomic E-state index is -0.984. The van der Waals surface area contributed by atoms with Crippen molar-refractivity contribution in [2.45, 2.75) is 32.6 Å². The lowest BCUT2D eigenvalue weighted by Crippen LogP contribution is -2.38. The molecule has 80 valence electrons. The standard InChI is InChI=1S/C10H17NO3/c1-7-4-2-3-5-8(7)10(14)11-6-9(12)13/h7-8H,2-6H2,1H3,(H,11,14)(H,12,13). The van der Waals surface area contributed by atoms with Gasteiger partial charge in [-0.15, -0.1) is 0 Å². The lowest BCUT2D eigenvalue weighted by Gasteiger charge is -2.27. The molecule has 1 saturated carbocycles. The molecular formula is C10H17NO3. The number of nitrogens with one attached hydrogen (secondary N) is 1. The molecule has 0 saturated heterocycles. The molecule has 1 aliphatic rings. The van der Waals surface area contributed by atoms with Crippen molar-refractivity contribution in [3.05, 3.63) is 0 Å². The zero-order chi connectivity index (χ0) is 10.6. The summed E-state index contributed by atoms with van der Waals surface area (Å²) in [4.78, 5) is 21.8. The van der Waals surface area contributed by atoms with Crippen LogP contribution in [-0.4, -0.2) is 23.5 Å². The van der Waals surface area contributed by atoms with Crippen LogP contribution in [0.2, 0.25) is 0 Å². The fourth-order valence-electron chi connectivity index (χ4n) is 2.00. The van der Waals surface area contributed by atoms with E-state index < -0.39 is 5.97 Å². The summed E-state index contributed by atoms with van der Waals surface area (Å²) in [5.41, 5.74) is 0. The molecular weight excluding hydrogens is 182 g/mol. The van der Waals surface area contributed by atoms with Gasteiger partial charge in [0.25, 0.3) is 0 Å². The van der Waals surface area contributed by atoms with E-state index >= 15 is 0 Å². The second kappa shape index (κ2) is 4.98. The Hall–Kier alpha value is -1.06. The van der Waals surface area contributed by atoms with E-state index in [0.29, 0.717) is 5.92 Å². The van der Waals surface area contributed by atoms with Crippen molar-refractivity contribution in [3.63, 3.8) is 0 Å². The molecule has 0 aromatic rings. The quantitative estimate of drug-likeness (QED) is 0.713. The van der Waals surface area contributed by atoms with Crippen molar-refractivity contribution in [1.29, 1.82) is 0 Å². The van der Waals surface area contributed by atoms with Crippen molar-refractivity contribution in [3.8, 4) is 0 Å². The number of carboxylic acid groups (broad SMARTS) is 1. The Morgan fingerprint density at radius 3 is 2.57 bits per heavy atom. The third-order valence-electron chi connectivity index (χ3n) is 2.86. The molecule has 2 unspecified atom stereocenters. The van der Waals surface area contributed by atoms with Crippen molar-refractivity contribution in [1.82, 2.24) is 5.32 Å². The maximum Gasteiger partial charge on any atom is 0.322 e. The van der Waals surface area contributed by atoms with Crippen molar-refractivity contribution < 1.29 is 14.7 Å². The Kier molecular flexibility index (Phi) is 3.92. The summed E-state index contributed by atoms with van der Waals surface area (Å²) in [6, 6.07) is 0. The second-order valence-electron chi connectivity index (χ2n) is 3.98. The Balaban J connectivity index is 2.38. The van der Waals surface area contributed by atoms with E-state index in [2.05, 4.69) is 12.2 Å². The minimum Gasteiger partial charge on any atom is -0.480 e. The van der Waals surface area contributed by atoms with E-state index in [1.165, 1.54) is 6.42 Å². The molecule has 4 heteroatoms. The number of hydrogen-bond donors (Lipinski definition) is 2. The average molecular weight is 199 g/mol. The minimum absolute atomic E-state index is 0.0168. The van der Waals surface area contributed by atoms with Gasteiger partial charge in [-0.2, -0.15) is 0 Å².